The molecule has 21 heavy (non-hydrogen) atoms. The van der Waals surface area contributed by atoms with Crippen molar-refractivity contribution in [3.05, 3.63) is 15.6 Å². The maximum atomic E-state index is 5.31. The molecule has 0 aliphatic rings. The maximum Gasteiger partial charge on any atom is 0.191 e. The lowest BCUT2D eigenvalue weighted by Crippen LogP contribution is -2.38. The van der Waals surface area contributed by atoms with Crippen LogP contribution in [0.3, 0.4) is 0 Å². The van der Waals surface area contributed by atoms with E-state index in [0.717, 1.165) is 57.3 Å². The smallest absolute Gasteiger partial charge is 0.191 e. The number of aliphatic imine (C=N–C) groups is 1. The van der Waals surface area contributed by atoms with Gasteiger partial charge in [-0.25, -0.2) is 4.98 Å². The van der Waals surface area contributed by atoms with Crippen LogP contribution < -0.4 is 10.6 Å². The van der Waals surface area contributed by atoms with E-state index in [9.17, 15) is 0 Å². The fourth-order valence-corrected chi connectivity index (χ4v) is 2.71. The first-order valence-electron chi connectivity index (χ1n) is 7.70. The van der Waals surface area contributed by atoms with E-state index < -0.39 is 0 Å². The van der Waals surface area contributed by atoms with Gasteiger partial charge in [-0.1, -0.05) is 0 Å². The quantitative estimate of drug-likeness (QED) is 0.417. The number of ether oxygens (including phenoxy) is 1. The van der Waals surface area contributed by atoms with Crippen molar-refractivity contribution in [2.24, 2.45) is 4.99 Å². The van der Waals surface area contributed by atoms with Gasteiger partial charge in [0.25, 0.3) is 0 Å². The largest absolute Gasteiger partial charge is 0.382 e. The Morgan fingerprint density at radius 3 is 2.71 bits per heavy atom. The third-order valence-electron chi connectivity index (χ3n) is 2.97. The fraction of sp³-hybridized carbons (Fsp3) is 0.733. The lowest BCUT2D eigenvalue weighted by atomic mass is 10.4. The third kappa shape index (κ3) is 7.43. The minimum Gasteiger partial charge on any atom is -0.382 e. The Hall–Kier alpha value is -1.14. The Kier molecular flexibility index (Phi) is 9.01. The molecule has 1 aromatic heterocycles. The lowest BCUT2D eigenvalue weighted by molar-refractivity contribution is 0.146. The summed E-state index contributed by atoms with van der Waals surface area (Å²) in [5, 5.41) is 7.80. The molecule has 1 rings (SSSR count). The van der Waals surface area contributed by atoms with Crippen molar-refractivity contribution in [3.8, 4) is 0 Å². The third-order valence-corrected chi connectivity index (χ3v) is 4.10. The lowest BCUT2D eigenvalue weighted by Gasteiger charge is -2.10. The van der Waals surface area contributed by atoms with E-state index in [-0.39, 0.29) is 0 Å². The predicted octanol–water partition coefficient (Wildman–Crippen LogP) is 2.28. The molecule has 5 nitrogen and oxygen atoms in total. The normalized spacial score (nSPS) is 11.7. The molecular weight excluding hydrogens is 284 g/mol. The molecule has 1 heterocycles. The van der Waals surface area contributed by atoms with Gasteiger partial charge in [0, 0.05) is 44.1 Å². The van der Waals surface area contributed by atoms with Gasteiger partial charge in [-0.05, 0) is 34.1 Å². The van der Waals surface area contributed by atoms with Crippen molar-refractivity contribution in [3.63, 3.8) is 0 Å². The number of guanidine groups is 1. The van der Waals surface area contributed by atoms with Gasteiger partial charge >= 0.3 is 0 Å². The first kappa shape index (κ1) is 17.9. The van der Waals surface area contributed by atoms with E-state index in [4.69, 9.17) is 4.74 Å². The van der Waals surface area contributed by atoms with E-state index in [0.29, 0.717) is 0 Å². The van der Waals surface area contributed by atoms with Gasteiger partial charge in [0.2, 0.25) is 0 Å². The number of aromatic nitrogens is 1. The van der Waals surface area contributed by atoms with Crippen LogP contribution in [0.15, 0.2) is 4.99 Å². The molecule has 0 radical (unpaired) electrons. The summed E-state index contributed by atoms with van der Waals surface area (Å²) >= 11 is 1.78. The highest BCUT2D eigenvalue weighted by Gasteiger charge is 2.04. The number of hydrogen-bond acceptors (Lipinski definition) is 4. The summed E-state index contributed by atoms with van der Waals surface area (Å²) < 4.78 is 5.31. The number of thiazole rings is 1. The maximum absolute atomic E-state index is 5.31. The number of rotatable bonds is 9. The summed E-state index contributed by atoms with van der Waals surface area (Å²) in [6.07, 6.45) is 1.89. The van der Waals surface area contributed by atoms with Gasteiger partial charge in [-0.3, -0.25) is 4.99 Å². The van der Waals surface area contributed by atoms with E-state index in [1.165, 1.54) is 9.88 Å². The molecule has 0 saturated carbocycles. The standard InChI is InChI=1S/C15H28N4OS/c1-5-16-15(17-9-7-11-20-6-2)18-10-8-14-19-12(3)13(4)21-14/h5-11H2,1-4H3,(H2,16,17,18). The number of nitrogens with zero attached hydrogens (tertiary/aromatic N) is 2. The summed E-state index contributed by atoms with van der Waals surface area (Å²) in [4.78, 5) is 10.4. The number of hydrogen-bond donors (Lipinski definition) is 2. The summed E-state index contributed by atoms with van der Waals surface area (Å²) in [7, 11) is 0. The summed E-state index contributed by atoms with van der Waals surface area (Å²) in [5.41, 5.74) is 1.14. The molecule has 2 N–H and O–H groups in total. The summed E-state index contributed by atoms with van der Waals surface area (Å²) in [5.74, 6) is 0.874. The molecule has 0 bridgehead atoms. The van der Waals surface area contributed by atoms with E-state index >= 15 is 0 Å². The SMILES string of the molecule is CCNC(=NCCCOCC)NCCc1nc(C)c(C)s1. The van der Waals surface area contributed by atoms with Gasteiger partial charge in [-0.15, -0.1) is 11.3 Å². The van der Waals surface area contributed by atoms with Crippen LogP contribution in [-0.2, 0) is 11.2 Å². The van der Waals surface area contributed by atoms with Crippen molar-refractivity contribution in [2.45, 2.75) is 40.5 Å². The van der Waals surface area contributed by atoms with Gasteiger partial charge < -0.3 is 15.4 Å². The summed E-state index contributed by atoms with van der Waals surface area (Å²) in [6, 6.07) is 0. The Morgan fingerprint density at radius 1 is 1.29 bits per heavy atom. The minimum atomic E-state index is 0.772. The zero-order valence-corrected chi connectivity index (χ0v) is 14.5. The molecule has 0 aromatic carbocycles. The molecule has 0 amide bonds. The molecule has 0 spiro atoms. The second kappa shape index (κ2) is 10.6. The molecule has 1 aromatic rings. The molecule has 0 fully saturated rings. The number of nitrogens with one attached hydrogen (secondary N) is 2. The predicted molar refractivity (Wildman–Crippen MR) is 90.4 cm³/mol. The van der Waals surface area contributed by atoms with Crippen LogP contribution in [0.2, 0.25) is 0 Å². The second-order valence-corrected chi connectivity index (χ2v) is 6.02. The van der Waals surface area contributed by atoms with E-state index in [1.54, 1.807) is 11.3 Å². The molecule has 0 unspecified atom stereocenters. The Bertz CT molecular complexity index is 412. The topological polar surface area (TPSA) is 58.5 Å². The average molecular weight is 312 g/mol. The summed E-state index contributed by atoms with van der Waals surface area (Å²) in [6.45, 7) is 12.3. The molecule has 0 aliphatic carbocycles. The molecule has 120 valence electrons. The first-order valence-corrected chi connectivity index (χ1v) is 8.51. The molecule has 0 atom stereocenters. The second-order valence-electron chi connectivity index (χ2n) is 4.74. The fourth-order valence-electron chi connectivity index (χ4n) is 1.78. The zero-order chi connectivity index (χ0) is 15.5. The van der Waals surface area contributed by atoms with Crippen LogP contribution in [0.25, 0.3) is 0 Å². The van der Waals surface area contributed by atoms with E-state index in [1.807, 2.05) is 6.92 Å². The van der Waals surface area contributed by atoms with Gasteiger partial charge in [-0.2, -0.15) is 0 Å². The minimum absolute atomic E-state index is 0.772. The Morgan fingerprint density at radius 2 is 2.10 bits per heavy atom. The highest BCUT2D eigenvalue weighted by molar-refractivity contribution is 7.11. The van der Waals surface area contributed by atoms with Gasteiger partial charge in [0.1, 0.15) is 0 Å². The molecular formula is C15H28N4OS. The van der Waals surface area contributed by atoms with Crippen LogP contribution in [0.5, 0.6) is 0 Å². The van der Waals surface area contributed by atoms with Crippen LogP contribution in [0.1, 0.15) is 35.8 Å². The van der Waals surface area contributed by atoms with Crippen molar-refractivity contribution in [1.82, 2.24) is 15.6 Å². The van der Waals surface area contributed by atoms with Crippen LogP contribution in [0, 0.1) is 13.8 Å². The zero-order valence-electron chi connectivity index (χ0n) is 13.7. The highest BCUT2D eigenvalue weighted by Crippen LogP contribution is 2.16. The van der Waals surface area contributed by atoms with Crippen molar-refractivity contribution < 1.29 is 4.74 Å². The monoisotopic (exact) mass is 312 g/mol. The van der Waals surface area contributed by atoms with E-state index in [2.05, 4.69) is 41.4 Å². The van der Waals surface area contributed by atoms with Crippen LogP contribution in [-0.4, -0.2) is 43.8 Å². The Labute approximate surface area is 132 Å². The van der Waals surface area contributed by atoms with Crippen molar-refractivity contribution in [1.29, 1.82) is 0 Å². The van der Waals surface area contributed by atoms with Crippen LogP contribution >= 0.6 is 11.3 Å². The number of aryl methyl sites for hydroxylation is 2. The molecule has 6 heteroatoms. The Balaban J connectivity index is 2.31. The average Bonchev–Trinajstić information content (AvgIpc) is 2.77. The van der Waals surface area contributed by atoms with Crippen LogP contribution in [0.4, 0.5) is 0 Å². The van der Waals surface area contributed by atoms with Crippen molar-refractivity contribution >= 4 is 17.3 Å². The molecule has 0 saturated heterocycles. The van der Waals surface area contributed by atoms with Gasteiger partial charge in [0.05, 0.1) is 10.7 Å². The van der Waals surface area contributed by atoms with Crippen molar-refractivity contribution in [2.75, 3.05) is 32.8 Å². The van der Waals surface area contributed by atoms with Gasteiger partial charge in [0.15, 0.2) is 5.96 Å². The molecule has 0 aliphatic heterocycles. The highest BCUT2D eigenvalue weighted by atomic mass is 32.1. The first-order chi connectivity index (χ1) is 10.2.